The third-order valence-corrected chi connectivity index (χ3v) is 10.6. The second kappa shape index (κ2) is 10.3. The van der Waals surface area contributed by atoms with Gasteiger partial charge in [0.05, 0.1) is 33.4 Å². The number of allylic oxidation sites excluding steroid dienone is 4. The summed E-state index contributed by atoms with van der Waals surface area (Å²) < 4.78 is 11.8. The van der Waals surface area contributed by atoms with Crippen molar-refractivity contribution in [1.82, 2.24) is 9.13 Å². The minimum atomic E-state index is 0.0314. The maximum atomic E-state index is 6.72. The van der Waals surface area contributed by atoms with Crippen LogP contribution in [-0.4, -0.2) is 15.8 Å². The molecule has 0 spiro atoms. The number of nitrogens with zero attached hydrogens (tertiary/aromatic N) is 3. The number of benzene rings is 5. The van der Waals surface area contributed by atoms with Crippen LogP contribution in [0.1, 0.15) is 18.4 Å². The molecule has 3 aliphatic rings. The fraction of sp³-hybridized carbons (Fsp3) is 0.0667. The Labute approximate surface area is 290 Å². The molecule has 2 aliphatic heterocycles. The Morgan fingerprint density at radius 2 is 1.60 bits per heavy atom. The number of fused-ring (bicyclic) bond motifs is 9. The average Bonchev–Trinajstić information content (AvgIpc) is 3.69. The first-order chi connectivity index (χ1) is 24.8. The quantitative estimate of drug-likeness (QED) is 0.179. The summed E-state index contributed by atoms with van der Waals surface area (Å²) in [4.78, 5) is 2.35. The first-order valence-corrected chi connectivity index (χ1v) is 17.4. The molecule has 0 radical (unpaired) electrons. The normalized spacial score (nSPS) is 13.9. The summed E-state index contributed by atoms with van der Waals surface area (Å²) in [6.07, 6.45) is 9.07. The number of hydrogen-bond donors (Lipinski definition) is 0. The average molecular weight is 640 g/mol. The molecule has 0 unspecified atom stereocenters. The molecule has 0 amide bonds. The fourth-order valence-corrected chi connectivity index (χ4v) is 8.73. The second-order valence-corrected chi connectivity index (χ2v) is 13.5. The predicted molar refractivity (Wildman–Crippen MR) is 207 cm³/mol. The van der Waals surface area contributed by atoms with Crippen LogP contribution < -0.4 is 26.0 Å². The van der Waals surface area contributed by atoms with Gasteiger partial charge < -0.3 is 18.8 Å². The van der Waals surface area contributed by atoms with E-state index in [1.807, 2.05) is 12.1 Å². The van der Waals surface area contributed by atoms with E-state index in [1.165, 1.54) is 66.2 Å². The Morgan fingerprint density at radius 1 is 0.740 bits per heavy atom. The molecule has 0 fully saturated rings. The van der Waals surface area contributed by atoms with E-state index in [2.05, 4.69) is 161 Å². The molecule has 0 bridgehead atoms. The van der Waals surface area contributed by atoms with E-state index in [4.69, 9.17) is 4.74 Å². The number of aryl methyl sites for hydroxylation is 1. The summed E-state index contributed by atoms with van der Waals surface area (Å²) in [5.41, 5.74) is 15.3. The molecule has 11 rings (SSSR count). The maximum absolute atomic E-state index is 6.72. The molecule has 0 N–H and O–H groups in total. The lowest BCUT2D eigenvalue weighted by Gasteiger charge is -2.34. The van der Waals surface area contributed by atoms with E-state index in [0.717, 1.165) is 41.4 Å². The molecule has 6 aromatic carbocycles. The summed E-state index contributed by atoms with van der Waals surface area (Å²) in [5, 5.41) is 2.44. The summed E-state index contributed by atoms with van der Waals surface area (Å²) in [7, 11) is 0. The second-order valence-electron chi connectivity index (χ2n) is 13.5. The van der Waals surface area contributed by atoms with Crippen molar-refractivity contribution in [1.29, 1.82) is 0 Å². The lowest BCUT2D eigenvalue weighted by atomic mass is 9.34. The van der Waals surface area contributed by atoms with E-state index >= 15 is 0 Å². The van der Waals surface area contributed by atoms with Crippen molar-refractivity contribution in [2.75, 3.05) is 4.90 Å². The number of rotatable bonds is 4. The molecule has 2 aromatic heterocycles. The van der Waals surface area contributed by atoms with Gasteiger partial charge in [0.1, 0.15) is 11.5 Å². The standard InChI is InChI=1S/C45H30BN3O/c1-29-27-38-42-40(28-29)50-39-24-14-12-22-34(39)46(42)35-25-26-37(47(30-15-5-2-6-16-30)31-17-7-3-8-18-31)41-44(35)49(38)43-33-21-11-13-23-36(33)48(45(41)43)32-19-9-4-10-20-32/h2-3,5-7,9,11-17,19-28H,4,10H2,1H3. The Bertz CT molecular complexity index is 2710. The Kier molecular flexibility index (Phi) is 5.69. The van der Waals surface area contributed by atoms with Crippen LogP contribution in [-0.2, 0) is 0 Å². The van der Waals surface area contributed by atoms with Crippen molar-refractivity contribution in [2.24, 2.45) is 0 Å². The largest absolute Gasteiger partial charge is 0.458 e. The van der Waals surface area contributed by atoms with E-state index in [-0.39, 0.29) is 6.71 Å². The van der Waals surface area contributed by atoms with Crippen LogP contribution >= 0.6 is 0 Å². The number of anilines is 3. The highest BCUT2D eigenvalue weighted by atomic mass is 16.5. The van der Waals surface area contributed by atoms with Crippen molar-refractivity contribution in [3.8, 4) is 17.2 Å². The monoisotopic (exact) mass is 639 g/mol. The van der Waals surface area contributed by atoms with Crippen LogP contribution in [0.15, 0.2) is 140 Å². The van der Waals surface area contributed by atoms with Crippen molar-refractivity contribution in [2.45, 2.75) is 19.8 Å². The van der Waals surface area contributed by atoms with Crippen molar-refractivity contribution < 1.29 is 4.74 Å². The minimum absolute atomic E-state index is 0.0314. The van der Waals surface area contributed by atoms with Gasteiger partial charge in [0.15, 0.2) is 0 Å². The van der Waals surface area contributed by atoms with Crippen LogP contribution in [0.5, 0.6) is 11.5 Å². The third kappa shape index (κ3) is 3.68. The number of para-hydroxylation sites is 3. The first kappa shape index (κ1) is 27.6. The topological polar surface area (TPSA) is 22.3 Å². The Hall–Kier alpha value is -6.38. The van der Waals surface area contributed by atoms with E-state index in [9.17, 15) is 0 Å². The summed E-state index contributed by atoms with van der Waals surface area (Å²) in [6, 6.07) is 50.2. The molecule has 1 aliphatic carbocycles. The zero-order valence-corrected chi connectivity index (χ0v) is 27.5. The van der Waals surface area contributed by atoms with Gasteiger partial charge in [-0.05, 0) is 108 Å². The highest BCUT2D eigenvalue weighted by Crippen LogP contribution is 2.48. The van der Waals surface area contributed by atoms with Crippen LogP contribution in [0.25, 0.3) is 44.2 Å². The van der Waals surface area contributed by atoms with Gasteiger partial charge in [0.2, 0.25) is 0 Å². The Morgan fingerprint density at radius 3 is 2.46 bits per heavy atom. The number of hydrogen-bond acceptors (Lipinski definition) is 2. The van der Waals surface area contributed by atoms with Crippen LogP contribution in [0.4, 0.5) is 17.1 Å². The number of ether oxygens (including phenoxy) is 1. The zero-order valence-electron chi connectivity index (χ0n) is 27.5. The van der Waals surface area contributed by atoms with Crippen LogP contribution in [0.3, 0.4) is 0 Å². The van der Waals surface area contributed by atoms with Gasteiger partial charge in [0, 0.05) is 27.8 Å². The molecule has 0 saturated heterocycles. The van der Waals surface area contributed by atoms with E-state index in [0.29, 0.717) is 0 Å². The van der Waals surface area contributed by atoms with Crippen molar-refractivity contribution in [3.63, 3.8) is 0 Å². The fourth-order valence-electron chi connectivity index (χ4n) is 8.73. The van der Waals surface area contributed by atoms with Gasteiger partial charge in [-0.3, -0.25) is 0 Å². The van der Waals surface area contributed by atoms with Crippen molar-refractivity contribution in [3.05, 3.63) is 157 Å². The highest BCUT2D eigenvalue weighted by Gasteiger charge is 2.42. The van der Waals surface area contributed by atoms with E-state index in [1.54, 1.807) is 0 Å². The highest BCUT2D eigenvalue weighted by molar-refractivity contribution is 6.99. The minimum Gasteiger partial charge on any atom is -0.458 e. The number of aromatic nitrogens is 2. The lowest BCUT2D eigenvalue weighted by molar-refractivity contribution is 0.487. The molecule has 8 aromatic rings. The molecule has 234 valence electrons. The molecule has 50 heavy (non-hydrogen) atoms. The summed E-state index contributed by atoms with van der Waals surface area (Å²) >= 11 is 0. The van der Waals surface area contributed by atoms with Crippen LogP contribution in [0, 0.1) is 19.1 Å². The van der Waals surface area contributed by atoms with Gasteiger partial charge in [-0.2, -0.15) is 0 Å². The van der Waals surface area contributed by atoms with Gasteiger partial charge in [0.25, 0.3) is 6.71 Å². The summed E-state index contributed by atoms with van der Waals surface area (Å²) in [5.74, 6) is 1.87. The SMILES string of the molecule is Cc1cc2c3c(c1)-n1c4c(ccc(N(c5c#cccc5)c5ccccc5)c4c4c1c1ccccc1n4C1=CCCC=C1)B3c1ccccc1O2. The van der Waals surface area contributed by atoms with Gasteiger partial charge >= 0.3 is 0 Å². The molecular weight excluding hydrogens is 609 g/mol. The lowest BCUT2D eigenvalue weighted by Crippen LogP contribution is -2.58. The van der Waals surface area contributed by atoms with Gasteiger partial charge in [-0.15, -0.1) is 0 Å². The van der Waals surface area contributed by atoms with Gasteiger partial charge in [-0.25, -0.2) is 0 Å². The van der Waals surface area contributed by atoms with Crippen LogP contribution in [0.2, 0.25) is 0 Å². The zero-order chi connectivity index (χ0) is 32.9. The smallest absolute Gasteiger partial charge is 0.256 e. The maximum Gasteiger partial charge on any atom is 0.256 e. The molecule has 4 heterocycles. The van der Waals surface area contributed by atoms with Gasteiger partial charge in [-0.1, -0.05) is 84.9 Å². The molecule has 0 atom stereocenters. The molecule has 0 saturated carbocycles. The molecular formula is C45H30BN3O. The summed E-state index contributed by atoms with van der Waals surface area (Å²) in [6.45, 7) is 2.21. The van der Waals surface area contributed by atoms with E-state index < -0.39 is 0 Å². The van der Waals surface area contributed by atoms with Crippen molar-refractivity contribution >= 4 is 78.7 Å². The molecule has 5 heteroatoms. The first-order valence-electron chi connectivity index (χ1n) is 17.4. The third-order valence-electron chi connectivity index (χ3n) is 10.6. The predicted octanol–water partition coefficient (Wildman–Crippen LogP) is 9.24. The Balaban J connectivity index is 1.39. The molecule has 4 nitrogen and oxygen atoms in total.